The van der Waals surface area contributed by atoms with Gasteiger partial charge in [-0.1, -0.05) is 287 Å². The summed E-state index contributed by atoms with van der Waals surface area (Å²) in [6, 6.07) is 3.57. The molecule has 0 aliphatic heterocycles. The second-order valence-corrected chi connectivity index (χ2v) is 25.5. The molecule has 0 amide bonds. The molecular formula is C74H128O8. The molecule has 0 saturated carbocycles. The Kier molecular flexibility index (Phi) is 43.3. The summed E-state index contributed by atoms with van der Waals surface area (Å²) in [6.45, 7) is 20.7. The van der Waals surface area contributed by atoms with Crippen LogP contribution in [0.3, 0.4) is 0 Å². The maximum atomic E-state index is 15.7. The summed E-state index contributed by atoms with van der Waals surface area (Å²) in [7, 11) is 0. The Bertz CT molecular complexity index is 1770. The molecule has 2 aromatic carbocycles. The van der Waals surface area contributed by atoms with Crippen LogP contribution >= 0.6 is 0 Å². The van der Waals surface area contributed by atoms with E-state index < -0.39 is 0 Å². The van der Waals surface area contributed by atoms with Crippen molar-refractivity contribution in [3.05, 3.63) is 34.4 Å². The topological polar surface area (TPSA) is 89.5 Å². The zero-order chi connectivity index (χ0) is 59.1. The third-order valence-corrected chi connectivity index (χ3v) is 16.7. The van der Waals surface area contributed by atoms with Crippen LogP contribution < -0.4 is 28.4 Å². The smallest absolute Gasteiger partial charge is 0.204 e. The lowest BCUT2D eigenvalue weighted by Crippen LogP contribution is -2.25. The van der Waals surface area contributed by atoms with E-state index in [2.05, 4.69) is 55.4 Å². The van der Waals surface area contributed by atoms with E-state index in [-0.39, 0.29) is 33.8 Å². The van der Waals surface area contributed by atoms with Crippen molar-refractivity contribution < 1.29 is 38.0 Å². The minimum atomic E-state index is -0.287. The molecule has 0 aromatic heterocycles. The molecule has 472 valence electrons. The molecule has 0 N–H and O–H groups in total. The first-order valence-electron chi connectivity index (χ1n) is 35.5. The van der Waals surface area contributed by atoms with E-state index in [0.717, 1.165) is 77.0 Å². The van der Waals surface area contributed by atoms with E-state index in [0.29, 0.717) is 86.0 Å². The number of hydrogen-bond acceptors (Lipinski definition) is 8. The summed E-state index contributed by atoms with van der Waals surface area (Å²) in [4.78, 5) is 31.3. The summed E-state index contributed by atoms with van der Waals surface area (Å²) >= 11 is 0. The van der Waals surface area contributed by atoms with Gasteiger partial charge < -0.3 is 28.4 Å². The molecule has 0 radical (unpaired) electrons. The highest BCUT2D eigenvalue weighted by atomic mass is 16.5. The molecule has 0 heterocycles. The van der Waals surface area contributed by atoms with Crippen LogP contribution in [0.5, 0.6) is 34.5 Å². The van der Waals surface area contributed by atoms with Crippen LogP contribution in [0.2, 0.25) is 0 Å². The molecule has 2 aromatic rings. The van der Waals surface area contributed by atoms with Crippen molar-refractivity contribution in [2.45, 2.75) is 338 Å². The van der Waals surface area contributed by atoms with E-state index in [9.17, 15) is 0 Å². The van der Waals surface area contributed by atoms with Crippen molar-refractivity contribution in [1.82, 2.24) is 0 Å². The van der Waals surface area contributed by atoms with Gasteiger partial charge in [0.2, 0.25) is 11.5 Å². The van der Waals surface area contributed by atoms with Crippen molar-refractivity contribution in [3.63, 3.8) is 0 Å². The molecule has 82 heavy (non-hydrogen) atoms. The maximum absolute atomic E-state index is 15.7. The predicted molar refractivity (Wildman–Crippen MR) is 348 cm³/mol. The zero-order valence-electron chi connectivity index (χ0n) is 54.9. The molecule has 0 atom stereocenters. The first-order valence-corrected chi connectivity index (χ1v) is 35.5. The van der Waals surface area contributed by atoms with Gasteiger partial charge in [-0.05, 0) is 75.3 Å². The average Bonchev–Trinajstić information content (AvgIpc) is 1.23. The Morgan fingerprint density at radius 1 is 0.268 bits per heavy atom. The van der Waals surface area contributed by atoms with Crippen molar-refractivity contribution in [2.24, 2.45) is 11.8 Å². The van der Waals surface area contributed by atoms with Gasteiger partial charge in [-0.15, -0.1) is 0 Å². The van der Waals surface area contributed by atoms with Gasteiger partial charge in [-0.3, -0.25) is 9.59 Å². The molecule has 8 nitrogen and oxygen atoms in total. The van der Waals surface area contributed by atoms with Gasteiger partial charge in [0, 0.05) is 11.1 Å². The number of rotatable bonds is 58. The van der Waals surface area contributed by atoms with Crippen LogP contribution in [0.1, 0.15) is 370 Å². The monoisotopic (exact) mass is 1140 g/mol. The highest BCUT2D eigenvalue weighted by Crippen LogP contribution is 2.51. The van der Waals surface area contributed by atoms with Crippen LogP contribution in [-0.4, -0.2) is 51.2 Å². The molecule has 0 unspecified atom stereocenters. The number of benzene rings is 2. The molecular weight excluding hydrogens is 1020 g/mol. The van der Waals surface area contributed by atoms with E-state index in [1.807, 2.05) is 0 Å². The number of unbranched alkanes of at least 4 members (excludes halogenated alkanes) is 36. The average molecular weight is 1150 g/mol. The fraction of sp³-hybridized carbons (Fsp3) is 0.811. The molecule has 8 heteroatoms. The van der Waals surface area contributed by atoms with Crippen molar-refractivity contribution in [1.29, 1.82) is 0 Å². The maximum Gasteiger partial charge on any atom is 0.204 e. The first kappa shape index (κ1) is 72.8. The molecule has 1 aliphatic carbocycles. The highest BCUT2D eigenvalue weighted by Gasteiger charge is 2.41. The van der Waals surface area contributed by atoms with Gasteiger partial charge in [-0.2, -0.15) is 0 Å². The number of fused-ring (bicyclic) bond motifs is 2. The number of hydrogen-bond donors (Lipinski definition) is 0. The normalized spacial score (nSPS) is 12.2. The van der Waals surface area contributed by atoms with E-state index in [1.165, 1.54) is 205 Å². The molecule has 0 bridgehead atoms. The van der Waals surface area contributed by atoms with E-state index in [1.54, 1.807) is 12.1 Å². The van der Waals surface area contributed by atoms with E-state index >= 15 is 9.59 Å². The third kappa shape index (κ3) is 31.1. The summed E-state index contributed by atoms with van der Waals surface area (Å²) in [5.74, 6) is 2.88. The molecule has 1 aliphatic rings. The van der Waals surface area contributed by atoms with Gasteiger partial charge >= 0.3 is 0 Å². The van der Waals surface area contributed by atoms with Gasteiger partial charge in [0.15, 0.2) is 34.6 Å². The Morgan fingerprint density at radius 3 is 0.720 bits per heavy atom. The standard InChI is InChI=1S/C74H128O8/c1-9-13-17-21-25-29-33-37-41-45-53-77-65-59-63-67(73(81-57-49-51-61(5)6)71(65)79-55-47-43-39-35-31-27-23-19-15-11-3)70(76)64-60-66(78-54-46-42-38-34-30-26-22-18-14-10-2)72(74(68(64)69(63)75)82-58-50-52-62(7)8)80-56-48-44-40-36-32-28-24-20-16-12-4/h59-62H,9-58H2,1-8H3. The van der Waals surface area contributed by atoms with Crippen molar-refractivity contribution in [2.75, 3.05) is 39.6 Å². The second kappa shape index (κ2) is 48.8. The second-order valence-electron chi connectivity index (χ2n) is 25.5. The Morgan fingerprint density at radius 2 is 0.476 bits per heavy atom. The lowest BCUT2D eigenvalue weighted by atomic mass is 9.82. The fourth-order valence-electron chi connectivity index (χ4n) is 11.5. The summed E-state index contributed by atoms with van der Waals surface area (Å²) in [6.07, 6.45) is 52.5. The number of carbonyl (C=O) groups excluding carboxylic acids is 2. The largest absolute Gasteiger partial charge is 0.490 e. The Hall–Kier alpha value is -3.42. The van der Waals surface area contributed by atoms with Crippen LogP contribution in [-0.2, 0) is 0 Å². The highest BCUT2D eigenvalue weighted by molar-refractivity contribution is 6.31. The lowest BCUT2D eigenvalue weighted by Gasteiger charge is -2.27. The molecule has 0 spiro atoms. The van der Waals surface area contributed by atoms with Crippen molar-refractivity contribution in [3.8, 4) is 34.5 Å². The van der Waals surface area contributed by atoms with Gasteiger partial charge in [0.1, 0.15) is 0 Å². The lowest BCUT2D eigenvalue weighted by molar-refractivity contribution is 0.0968. The summed E-state index contributed by atoms with van der Waals surface area (Å²) in [5.41, 5.74) is 1.04. The van der Waals surface area contributed by atoms with Crippen LogP contribution in [0.4, 0.5) is 0 Å². The van der Waals surface area contributed by atoms with Gasteiger partial charge in [0.25, 0.3) is 0 Å². The zero-order valence-corrected chi connectivity index (χ0v) is 54.9. The van der Waals surface area contributed by atoms with Gasteiger partial charge in [-0.25, -0.2) is 0 Å². The Labute approximate surface area is 505 Å². The third-order valence-electron chi connectivity index (χ3n) is 16.7. The number of ketones is 2. The van der Waals surface area contributed by atoms with E-state index in [4.69, 9.17) is 28.4 Å². The fourth-order valence-corrected chi connectivity index (χ4v) is 11.5. The molecule has 0 saturated heterocycles. The summed E-state index contributed by atoms with van der Waals surface area (Å²) < 4.78 is 40.7. The minimum Gasteiger partial charge on any atom is -0.490 e. The minimum absolute atomic E-state index is 0.247. The van der Waals surface area contributed by atoms with Crippen LogP contribution in [0.15, 0.2) is 12.1 Å². The van der Waals surface area contributed by atoms with Gasteiger partial charge in [0.05, 0.1) is 50.8 Å². The van der Waals surface area contributed by atoms with Crippen molar-refractivity contribution >= 4 is 11.6 Å². The molecule has 3 rings (SSSR count). The first-order chi connectivity index (χ1) is 40.2. The van der Waals surface area contributed by atoms with Crippen LogP contribution in [0.25, 0.3) is 0 Å². The number of ether oxygens (including phenoxy) is 6. The molecule has 0 fully saturated rings. The SMILES string of the molecule is CCCCCCCCCCCCOc1cc2c(c(OCCCC(C)C)c1OCCCCCCCCCCCC)C(=O)c1cc(OCCCCCCCCCCCC)c(OCCCCCCCCCCCC)c(OCCCC(C)C)c1C2=O. The Balaban J connectivity index is 2.06. The van der Waals surface area contributed by atoms with Crippen LogP contribution in [0, 0.1) is 11.8 Å². The predicted octanol–water partition coefficient (Wildman–Crippen LogP) is 23.3. The quantitative estimate of drug-likeness (QED) is 0.0517. The summed E-state index contributed by atoms with van der Waals surface area (Å²) in [5, 5.41) is 0. The number of carbonyl (C=O) groups is 2.